The third kappa shape index (κ3) is 5.88. The monoisotopic (exact) mass is 300 g/mol. The number of nitrogens with zero attached hydrogens (tertiary/aromatic N) is 1. The number of aliphatic hydroxyl groups excluding tert-OH is 1. The van der Waals surface area contributed by atoms with Gasteiger partial charge in [0, 0.05) is 6.54 Å². The summed E-state index contributed by atoms with van der Waals surface area (Å²) < 4.78 is 5.50. The Labute approximate surface area is 132 Å². The van der Waals surface area contributed by atoms with Crippen molar-refractivity contribution in [1.29, 1.82) is 5.26 Å². The number of nitriles is 1. The number of benzene rings is 1. The summed E-state index contributed by atoms with van der Waals surface area (Å²) >= 11 is 0. The molecule has 0 radical (unpaired) electrons. The lowest BCUT2D eigenvalue weighted by atomic mass is 9.97. The van der Waals surface area contributed by atoms with Gasteiger partial charge in [-0.3, -0.25) is 0 Å². The highest BCUT2D eigenvalue weighted by atomic mass is 16.5. The van der Waals surface area contributed by atoms with Gasteiger partial charge in [-0.05, 0) is 62.9 Å². The van der Waals surface area contributed by atoms with Crippen molar-refractivity contribution in [1.82, 2.24) is 5.32 Å². The average Bonchev–Trinajstić information content (AvgIpc) is 2.58. The highest BCUT2D eigenvalue weighted by molar-refractivity contribution is 5.34. The van der Waals surface area contributed by atoms with E-state index < -0.39 is 6.10 Å². The number of nitrogens with one attached hydrogen (secondary N) is 1. The lowest BCUT2D eigenvalue weighted by molar-refractivity contribution is 0.106. The first-order chi connectivity index (χ1) is 10.8. The number of hydrogen-bond acceptors (Lipinski definition) is 4. The van der Waals surface area contributed by atoms with Gasteiger partial charge >= 0.3 is 0 Å². The van der Waals surface area contributed by atoms with Crippen LogP contribution in [0.25, 0.3) is 0 Å². The van der Waals surface area contributed by atoms with E-state index in [1.165, 1.54) is 25.7 Å². The first kappa shape index (κ1) is 16.5. The van der Waals surface area contributed by atoms with Crippen LogP contribution in [0.2, 0.25) is 0 Å². The number of allylic oxidation sites excluding steroid dienone is 1. The molecule has 0 aromatic heterocycles. The molecule has 0 heterocycles. The van der Waals surface area contributed by atoms with Crippen LogP contribution in [0.15, 0.2) is 35.9 Å². The number of aliphatic hydroxyl groups is 1. The van der Waals surface area contributed by atoms with Crippen LogP contribution in [0.3, 0.4) is 0 Å². The molecule has 118 valence electrons. The molecule has 0 amide bonds. The third-order valence-electron chi connectivity index (χ3n) is 3.81. The zero-order valence-corrected chi connectivity index (χ0v) is 12.9. The maximum absolute atomic E-state index is 9.89. The summed E-state index contributed by atoms with van der Waals surface area (Å²) in [5.41, 5.74) is 2.15. The van der Waals surface area contributed by atoms with E-state index in [4.69, 9.17) is 10.00 Å². The molecule has 1 aromatic rings. The van der Waals surface area contributed by atoms with Crippen LogP contribution in [0.4, 0.5) is 0 Å². The normalized spacial score (nSPS) is 15.7. The van der Waals surface area contributed by atoms with Gasteiger partial charge in [0.15, 0.2) is 0 Å². The molecule has 1 aliphatic rings. The lowest BCUT2D eigenvalue weighted by Crippen LogP contribution is -2.32. The third-order valence-corrected chi connectivity index (χ3v) is 3.81. The van der Waals surface area contributed by atoms with Crippen molar-refractivity contribution >= 4 is 0 Å². The van der Waals surface area contributed by atoms with Crippen LogP contribution in [0, 0.1) is 11.3 Å². The van der Waals surface area contributed by atoms with Gasteiger partial charge in [-0.2, -0.15) is 5.26 Å². The number of rotatable bonds is 8. The lowest BCUT2D eigenvalue weighted by Gasteiger charge is -2.15. The Hall–Kier alpha value is -1.83. The fraction of sp³-hybridized carbons (Fsp3) is 0.500. The molecule has 2 rings (SSSR count). The molecule has 0 saturated heterocycles. The predicted molar refractivity (Wildman–Crippen MR) is 86.7 cm³/mol. The van der Waals surface area contributed by atoms with Crippen molar-refractivity contribution in [3.05, 3.63) is 41.5 Å². The Morgan fingerprint density at radius 2 is 2.09 bits per heavy atom. The first-order valence-corrected chi connectivity index (χ1v) is 7.97. The minimum atomic E-state index is -0.532. The Balaban J connectivity index is 1.58. The van der Waals surface area contributed by atoms with E-state index in [2.05, 4.69) is 17.5 Å². The minimum absolute atomic E-state index is 0.252. The van der Waals surface area contributed by atoms with E-state index in [-0.39, 0.29) is 6.61 Å². The molecule has 0 spiro atoms. The van der Waals surface area contributed by atoms with Gasteiger partial charge in [0.1, 0.15) is 18.5 Å². The summed E-state index contributed by atoms with van der Waals surface area (Å²) in [6.07, 6.45) is 7.98. The molecule has 0 saturated carbocycles. The molecule has 2 N–H and O–H groups in total. The van der Waals surface area contributed by atoms with E-state index >= 15 is 0 Å². The molecule has 1 atom stereocenters. The van der Waals surface area contributed by atoms with Gasteiger partial charge < -0.3 is 15.2 Å². The van der Waals surface area contributed by atoms with E-state index in [0.29, 0.717) is 17.9 Å². The second-order valence-corrected chi connectivity index (χ2v) is 5.66. The quantitative estimate of drug-likeness (QED) is 0.572. The van der Waals surface area contributed by atoms with Crippen molar-refractivity contribution < 1.29 is 9.84 Å². The van der Waals surface area contributed by atoms with E-state index in [9.17, 15) is 5.11 Å². The van der Waals surface area contributed by atoms with Crippen molar-refractivity contribution in [3.63, 3.8) is 0 Å². The number of hydrogen-bond donors (Lipinski definition) is 2. The number of ether oxygens (including phenoxy) is 1. The van der Waals surface area contributed by atoms with Gasteiger partial charge in [0.2, 0.25) is 0 Å². The van der Waals surface area contributed by atoms with Gasteiger partial charge in [-0.15, -0.1) is 0 Å². The van der Waals surface area contributed by atoms with E-state index in [1.807, 2.05) is 0 Å². The van der Waals surface area contributed by atoms with Crippen molar-refractivity contribution in [2.24, 2.45) is 0 Å². The van der Waals surface area contributed by atoms with Crippen molar-refractivity contribution in [3.8, 4) is 11.8 Å². The second-order valence-electron chi connectivity index (χ2n) is 5.66. The Morgan fingerprint density at radius 1 is 1.27 bits per heavy atom. The molecule has 0 aliphatic heterocycles. The Morgan fingerprint density at radius 3 is 2.77 bits per heavy atom. The SMILES string of the molecule is N#Cc1ccc(OC[C@@H](O)CNCCC2=CCCCC2)cc1. The van der Waals surface area contributed by atoms with Gasteiger partial charge in [0.05, 0.1) is 11.6 Å². The molecule has 4 heteroatoms. The van der Waals surface area contributed by atoms with Crippen LogP contribution in [0.5, 0.6) is 5.75 Å². The molecule has 0 bridgehead atoms. The summed E-state index contributed by atoms with van der Waals surface area (Å²) in [6, 6.07) is 8.96. The van der Waals surface area contributed by atoms with Crippen LogP contribution in [-0.4, -0.2) is 30.9 Å². The Bertz CT molecular complexity index is 517. The molecule has 22 heavy (non-hydrogen) atoms. The summed E-state index contributed by atoms with van der Waals surface area (Å²) in [5, 5.41) is 21.9. The molecule has 1 aromatic carbocycles. The van der Waals surface area contributed by atoms with Crippen molar-refractivity contribution in [2.45, 2.75) is 38.2 Å². The molecule has 0 fully saturated rings. The highest BCUT2D eigenvalue weighted by Crippen LogP contribution is 2.19. The van der Waals surface area contributed by atoms with Crippen molar-refractivity contribution in [2.75, 3.05) is 19.7 Å². The largest absolute Gasteiger partial charge is 0.491 e. The zero-order valence-electron chi connectivity index (χ0n) is 12.9. The summed E-state index contributed by atoms with van der Waals surface area (Å²) in [4.78, 5) is 0. The average molecular weight is 300 g/mol. The van der Waals surface area contributed by atoms with Gasteiger partial charge in [0.25, 0.3) is 0 Å². The van der Waals surface area contributed by atoms with Crippen LogP contribution in [0.1, 0.15) is 37.7 Å². The molecule has 4 nitrogen and oxygen atoms in total. The topological polar surface area (TPSA) is 65.3 Å². The van der Waals surface area contributed by atoms with Gasteiger partial charge in [-0.1, -0.05) is 11.6 Å². The van der Waals surface area contributed by atoms with Gasteiger partial charge in [-0.25, -0.2) is 0 Å². The molecular weight excluding hydrogens is 276 g/mol. The standard InChI is InChI=1S/C18H24N2O2/c19-12-16-6-8-18(9-7-16)22-14-17(21)13-20-11-10-15-4-2-1-3-5-15/h4,6-9,17,20-21H,1-3,5,10-11,13-14H2/t17-/m0/s1. The highest BCUT2D eigenvalue weighted by Gasteiger charge is 2.06. The minimum Gasteiger partial charge on any atom is -0.491 e. The zero-order chi connectivity index (χ0) is 15.6. The van der Waals surface area contributed by atoms with Crippen LogP contribution in [-0.2, 0) is 0 Å². The molecule has 0 unspecified atom stereocenters. The summed E-state index contributed by atoms with van der Waals surface area (Å²) in [5.74, 6) is 0.672. The smallest absolute Gasteiger partial charge is 0.119 e. The first-order valence-electron chi connectivity index (χ1n) is 7.97. The van der Waals surface area contributed by atoms with Crippen LogP contribution < -0.4 is 10.1 Å². The predicted octanol–water partition coefficient (Wildman–Crippen LogP) is 2.78. The summed E-state index contributed by atoms with van der Waals surface area (Å²) in [6.45, 7) is 1.69. The summed E-state index contributed by atoms with van der Waals surface area (Å²) in [7, 11) is 0. The molecular formula is C18H24N2O2. The fourth-order valence-electron chi connectivity index (χ4n) is 2.53. The Kier molecular flexibility index (Phi) is 6.95. The van der Waals surface area contributed by atoms with E-state index in [1.54, 1.807) is 29.8 Å². The maximum atomic E-state index is 9.89. The van der Waals surface area contributed by atoms with Crippen LogP contribution >= 0.6 is 0 Å². The fourth-order valence-corrected chi connectivity index (χ4v) is 2.53. The maximum Gasteiger partial charge on any atom is 0.119 e. The second kappa shape index (κ2) is 9.24. The van der Waals surface area contributed by atoms with E-state index in [0.717, 1.165) is 13.0 Å². The molecule has 1 aliphatic carbocycles.